The minimum absolute atomic E-state index is 0.0180. The highest BCUT2D eigenvalue weighted by atomic mass is 32.2. The average molecular weight is 389 g/mol. The number of pyridine rings is 1. The fourth-order valence-corrected chi connectivity index (χ4v) is 3.24. The molecule has 0 radical (unpaired) electrons. The topological polar surface area (TPSA) is 96.9 Å². The molecule has 2 N–H and O–H groups in total. The van der Waals surface area contributed by atoms with Gasteiger partial charge in [-0.15, -0.1) is 0 Å². The first-order chi connectivity index (χ1) is 11.9. The van der Waals surface area contributed by atoms with Crippen molar-refractivity contribution < 1.29 is 21.6 Å². The van der Waals surface area contributed by atoms with Gasteiger partial charge in [-0.3, -0.25) is 4.98 Å². The Balaban J connectivity index is 2.33. The van der Waals surface area contributed by atoms with Crippen LogP contribution in [0.5, 0.6) is 0 Å². The third-order valence-corrected chi connectivity index (χ3v) is 4.05. The molecule has 0 unspecified atom stereocenters. The second-order valence-electron chi connectivity index (χ2n) is 6.31. The van der Waals surface area contributed by atoms with Crippen LogP contribution < -0.4 is 10.0 Å². The molecule has 11 heteroatoms. The van der Waals surface area contributed by atoms with Crippen LogP contribution in [0.15, 0.2) is 30.6 Å². The van der Waals surface area contributed by atoms with E-state index >= 15 is 0 Å². The Labute approximate surface area is 149 Å². The molecule has 0 fully saturated rings. The maximum atomic E-state index is 13.1. The van der Waals surface area contributed by atoms with E-state index in [2.05, 4.69) is 25.0 Å². The quantitative estimate of drug-likeness (QED) is 0.787. The number of rotatable bonds is 6. The SMILES string of the molecule is CC(C)(CNc1cc(C(F)(F)F)nc(-c2ccncc2)n1)NS(C)(=O)=O. The van der Waals surface area contributed by atoms with Crippen molar-refractivity contribution in [2.45, 2.75) is 25.6 Å². The Kier molecular flexibility index (Phi) is 5.52. The molecule has 0 aliphatic carbocycles. The van der Waals surface area contributed by atoms with Crippen molar-refractivity contribution in [1.29, 1.82) is 0 Å². The van der Waals surface area contributed by atoms with Gasteiger partial charge in [0.1, 0.15) is 5.82 Å². The molecular weight excluding hydrogens is 371 g/mol. The van der Waals surface area contributed by atoms with E-state index in [1.54, 1.807) is 13.8 Å². The van der Waals surface area contributed by atoms with E-state index < -0.39 is 27.4 Å². The summed E-state index contributed by atoms with van der Waals surface area (Å²) in [7, 11) is -3.48. The number of anilines is 1. The minimum atomic E-state index is -4.65. The van der Waals surface area contributed by atoms with Gasteiger partial charge in [0.15, 0.2) is 11.5 Å². The molecule has 0 saturated heterocycles. The van der Waals surface area contributed by atoms with Gasteiger partial charge in [-0.2, -0.15) is 13.2 Å². The standard InChI is InChI=1S/C15H18F3N5O2S/c1-14(2,23-26(3,24)25)9-20-12-8-11(15(16,17)18)21-13(22-12)10-4-6-19-7-5-10/h4-8,23H,9H2,1-3H3,(H,20,21,22). The lowest BCUT2D eigenvalue weighted by Crippen LogP contribution is -2.47. The summed E-state index contributed by atoms with van der Waals surface area (Å²) in [6.45, 7) is 3.21. The smallest absolute Gasteiger partial charge is 0.368 e. The Morgan fingerprint density at radius 2 is 1.73 bits per heavy atom. The van der Waals surface area contributed by atoms with Crippen molar-refractivity contribution in [3.63, 3.8) is 0 Å². The molecule has 2 heterocycles. The van der Waals surface area contributed by atoms with E-state index in [1.165, 1.54) is 24.5 Å². The van der Waals surface area contributed by atoms with Crippen LogP contribution in [0.2, 0.25) is 0 Å². The molecule has 0 aliphatic rings. The lowest BCUT2D eigenvalue weighted by molar-refractivity contribution is -0.141. The van der Waals surface area contributed by atoms with Gasteiger partial charge in [-0.05, 0) is 26.0 Å². The molecule has 2 aromatic heterocycles. The highest BCUT2D eigenvalue weighted by molar-refractivity contribution is 7.88. The molecular formula is C15H18F3N5O2S. The fraction of sp³-hybridized carbons (Fsp3) is 0.400. The van der Waals surface area contributed by atoms with Crippen molar-refractivity contribution in [2.75, 3.05) is 18.1 Å². The average Bonchev–Trinajstić information content (AvgIpc) is 2.50. The number of nitrogens with zero attached hydrogens (tertiary/aromatic N) is 3. The third kappa shape index (κ3) is 5.92. The van der Waals surface area contributed by atoms with Crippen LogP contribution in [0.25, 0.3) is 11.4 Å². The number of halogens is 3. The van der Waals surface area contributed by atoms with Gasteiger partial charge in [0.2, 0.25) is 10.0 Å². The first kappa shape index (κ1) is 20.0. The zero-order valence-corrected chi connectivity index (χ0v) is 15.1. The van der Waals surface area contributed by atoms with Crippen LogP contribution in [0.4, 0.5) is 19.0 Å². The van der Waals surface area contributed by atoms with Crippen LogP contribution in [0.1, 0.15) is 19.5 Å². The summed E-state index contributed by atoms with van der Waals surface area (Å²) < 4.78 is 64.5. The first-order valence-corrected chi connectivity index (χ1v) is 9.34. The van der Waals surface area contributed by atoms with Gasteiger partial charge in [0.25, 0.3) is 0 Å². The summed E-state index contributed by atoms with van der Waals surface area (Å²) >= 11 is 0. The van der Waals surface area contributed by atoms with Gasteiger partial charge >= 0.3 is 6.18 Å². The normalized spacial score (nSPS) is 12.8. The summed E-state index contributed by atoms with van der Waals surface area (Å²) in [5.74, 6) is -0.180. The minimum Gasteiger partial charge on any atom is -0.368 e. The summed E-state index contributed by atoms with van der Waals surface area (Å²) in [5.41, 5.74) is -1.66. The van der Waals surface area contributed by atoms with E-state index in [-0.39, 0.29) is 18.2 Å². The molecule has 0 aromatic carbocycles. The van der Waals surface area contributed by atoms with Gasteiger partial charge in [-0.1, -0.05) is 0 Å². The van der Waals surface area contributed by atoms with Crippen LogP contribution in [-0.2, 0) is 16.2 Å². The van der Waals surface area contributed by atoms with Crippen LogP contribution in [-0.4, -0.2) is 41.7 Å². The summed E-state index contributed by atoms with van der Waals surface area (Å²) in [6, 6.07) is 3.77. The molecule has 142 valence electrons. The first-order valence-electron chi connectivity index (χ1n) is 7.45. The van der Waals surface area contributed by atoms with Crippen molar-refractivity contribution in [3.05, 3.63) is 36.3 Å². The number of hydrogen-bond donors (Lipinski definition) is 2. The number of aromatic nitrogens is 3. The Morgan fingerprint density at radius 1 is 1.12 bits per heavy atom. The molecule has 0 aliphatic heterocycles. The summed E-state index contributed by atoms with van der Waals surface area (Å²) in [6.07, 6.45) is -0.805. The van der Waals surface area contributed by atoms with Crippen molar-refractivity contribution in [1.82, 2.24) is 19.7 Å². The largest absolute Gasteiger partial charge is 0.433 e. The van der Waals surface area contributed by atoms with E-state index in [9.17, 15) is 21.6 Å². The highest BCUT2D eigenvalue weighted by Crippen LogP contribution is 2.30. The van der Waals surface area contributed by atoms with Crippen molar-refractivity contribution in [2.24, 2.45) is 0 Å². The molecule has 0 spiro atoms. The second-order valence-corrected chi connectivity index (χ2v) is 8.06. The van der Waals surface area contributed by atoms with E-state index in [4.69, 9.17) is 0 Å². The maximum absolute atomic E-state index is 13.1. The summed E-state index contributed by atoms with van der Waals surface area (Å²) in [5, 5.41) is 2.74. The Morgan fingerprint density at radius 3 is 2.27 bits per heavy atom. The maximum Gasteiger partial charge on any atom is 0.433 e. The zero-order chi connectivity index (χ0) is 19.6. The second kappa shape index (κ2) is 7.16. The number of sulfonamides is 1. The molecule has 26 heavy (non-hydrogen) atoms. The Bertz CT molecular complexity index is 871. The zero-order valence-electron chi connectivity index (χ0n) is 14.3. The van der Waals surface area contributed by atoms with Crippen LogP contribution in [0.3, 0.4) is 0 Å². The lowest BCUT2D eigenvalue weighted by atomic mass is 10.1. The number of hydrogen-bond acceptors (Lipinski definition) is 6. The molecule has 0 atom stereocenters. The molecule has 2 aromatic rings. The molecule has 0 amide bonds. The Hall–Kier alpha value is -2.27. The highest BCUT2D eigenvalue weighted by Gasteiger charge is 2.34. The molecule has 2 rings (SSSR count). The summed E-state index contributed by atoms with van der Waals surface area (Å²) in [4.78, 5) is 11.5. The third-order valence-electron chi connectivity index (χ3n) is 3.13. The lowest BCUT2D eigenvalue weighted by Gasteiger charge is -2.25. The predicted octanol–water partition coefficient (Wildman–Crippen LogP) is 2.30. The van der Waals surface area contributed by atoms with E-state index in [0.29, 0.717) is 5.56 Å². The van der Waals surface area contributed by atoms with Crippen molar-refractivity contribution >= 4 is 15.8 Å². The number of nitrogens with one attached hydrogen (secondary N) is 2. The van der Waals surface area contributed by atoms with Gasteiger partial charge in [0, 0.05) is 36.1 Å². The molecule has 7 nitrogen and oxygen atoms in total. The van der Waals surface area contributed by atoms with Gasteiger partial charge in [-0.25, -0.2) is 23.1 Å². The van der Waals surface area contributed by atoms with Crippen LogP contribution in [0, 0.1) is 0 Å². The van der Waals surface area contributed by atoms with E-state index in [1.807, 2.05) is 0 Å². The molecule has 0 saturated carbocycles. The van der Waals surface area contributed by atoms with Crippen LogP contribution >= 0.6 is 0 Å². The molecule has 0 bridgehead atoms. The van der Waals surface area contributed by atoms with Gasteiger partial charge < -0.3 is 5.32 Å². The fourth-order valence-electron chi connectivity index (χ4n) is 2.16. The number of alkyl halides is 3. The predicted molar refractivity (Wildman–Crippen MR) is 90.8 cm³/mol. The van der Waals surface area contributed by atoms with Crippen molar-refractivity contribution in [3.8, 4) is 11.4 Å². The van der Waals surface area contributed by atoms with Gasteiger partial charge in [0.05, 0.1) is 6.26 Å². The van der Waals surface area contributed by atoms with E-state index in [0.717, 1.165) is 12.3 Å². The monoisotopic (exact) mass is 389 g/mol.